The van der Waals surface area contributed by atoms with Crippen LogP contribution in [0.2, 0.25) is 0 Å². The van der Waals surface area contributed by atoms with Crippen LogP contribution in [0.5, 0.6) is 0 Å². The Kier molecular flexibility index (Phi) is 10.1. The first-order chi connectivity index (χ1) is 36.2. The summed E-state index contributed by atoms with van der Waals surface area (Å²) in [6.07, 6.45) is 0. The van der Waals surface area contributed by atoms with Gasteiger partial charge in [-0.25, -0.2) is 15.0 Å². The molecule has 12 aromatic carbocycles. The van der Waals surface area contributed by atoms with Crippen LogP contribution < -0.4 is 0 Å². The summed E-state index contributed by atoms with van der Waals surface area (Å²) in [5.74, 6) is 1.81. The third kappa shape index (κ3) is 7.44. The molecule has 2 aromatic heterocycles. The molecule has 0 spiro atoms. The Balaban J connectivity index is 1.08. The van der Waals surface area contributed by atoms with Crippen LogP contribution in [0, 0.1) is 0 Å². The fourth-order valence-corrected chi connectivity index (χ4v) is 10.9. The highest BCUT2D eigenvalue weighted by Crippen LogP contribution is 2.44. The molecule has 0 bridgehead atoms. The summed E-state index contributed by atoms with van der Waals surface area (Å²) in [6, 6.07) is 95.6. The maximum absolute atomic E-state index is 5.53. The molecule has 340 valence electrons. The van der Waals surface area contributed by atoms with Crippen molar-refractivity contribution >= 4 is 54.1 Å². The molecule has 0 saturated heterocycles. The molecule has 0 aliphatic heterocycles. The molecular formula is C69H44N4. The molecule has 0 aliphatic carbocycles. The lowest BCUT2D eigenvalue weighted by atomic mass is 9.91. The first-order valence-electron chi connectivity index (χ1n) is 24.8. The number of fused-ring (bicyclic) bond motifs is 9. The Bertz CT molecular complexity index is 4180. The minimum atomic E-state index is 0.599. The van der Waals surface area contributed by atoms with Gasteiger partial charge in [-0.1, -0.05) is 243 Å². The van der Waals surface area contributed by atoms with E-state index in [1.165, 1.54) is 32.7 Å². The second-order valence-electron chi connectivity index (χ2n) is 18.7. The van der Waals surface area contributed by atoms with Crippen molar-refractivity contribution < 1.29 is 0 Å². The third-order valence-electron chi connectivity index (χ3n) is 14.4. The molecule has 0 amide bonds. The van der Waals surface area contributed by atoms with Crippen LogP contribution in [0.3, 0.4) is 0 Å². The van der Waals surface area contributed by atoms with Gasteiger partial charge in [-0.3, -0.25) is 0 Å². The van der Waals surface area contributed by atoms with Crippen LogP contribution in [-0.4, -0.2) is 19.5 Å². The van der Waals surface area contributed by atoms with E-state index in [9.17, 15) is 0 Å². The Morgan fingerprint density at radius 2 is 0.548 bits per heavy atom. The Morgan fingerprint density at radius 3 is 1.00 bits per heavy atom. The largest absolute Gasteiger partial charge is 0.309 e. The highest BCUT2D eigenvalue weighted by Gasteiger charge is 2.22. The maximum Gasteiger partial charge on any atom is 0.164 e. The first kappa shape index (κ1) is 42.1. The summed E-state index contributed by atoms with van der Waals surface area (Å²) in [5.41, 5.74) is 15.2. The monoisotopic (exact) mass is 928 g/mol. The van der Waals surface area contributed by atoms with Crippen molar-refractivity contribution in [3.63, 3.8) is 0 Å². The molecule has 73 heavy (non-hydrogen) atoms. The van der Waals surface area contributed by atoms with Gasteiger partial charge in [0.2, 0.25) is 0 Å². The number of hydrogen-bond donors (Lipinski definition) is 0. The molecule has 14 rings (SSSR count). The summed E-state index contributed by atoms with van der Waals surface area (Å²) in [6.45, 7) is 0. The van der Waals surface area contributed by atoms with Gasteiger partial charge in [-0.05, 0) is 95.7 Å². The predicted molar refractivity (Wildman–Crippen MR) is 305 cm³/mol. The van der Waals surface area contributed by atoms with Gasteiger partial charge in [0.15, 0.2) is 17.5 Å². The molecule has 4 nitrogen and oxygen atoms in total. The van der Waals surface area contributed by atoms with E-state index in [4.69, 9.17) is 15.0 Å². The van der Waals surface area contributed by atoms with E-state index in [0.717, 1.165) is 88.3 Å². The third-order valence-corrected chi connectivity index (χ3v) is 14.4. The Labute approximate surface area is 422 Å². The van der Waals surface area contributed by atoms with Crippen LogP contribution in [0.1, 0.15) is 0 Å². The molecule has 2 heterocycles. The smallest absolute Gasteiger partial charge is 0.164 e. The molecule has 14 aromatic rings. The van der Waals surface area contributed by atoms with Gasteiger partial charge in [-0.15, -0.1) is 0 Å². The minimum absolute atomic E-state index is 0.599. The number of rotatable bonds is 8. The normalized spacial score (nSPS) is 11.6. The van der Waals surface area contributed by atoms with Crippen LogP contribution in [-0.2, 0) is 0 Å². The molecule has 0 saturated carbocycles. The lowest BCUT2D eigenvalue weighted by Crippen LogP contribution is -2.02. The van der Waals surface area contributed by atoms with Gasteiger partial charge in [0, 0.05) is 38.5 Å². The fraction of sp³-hybridized carbons (Fsp3) is 0. The van der Waals surface area contributed by atoms with Crippen molar-refractivity contribution in [2.24, 2.45) is 0 Å². The van der Waals surface area contributed by atoms with E-state index < -0.39 is 0 Å². The van der Waals surface area contributed by atoms with Crippen LogP contribution in [0.15, 0.2) is 267 Å². The molecule has 0 fully saturated rings. The van der Waals surface area contributed by atoms with Crippen molar-refractivity contribution in [2.45, 2.75) is 0 Å². The van der Waals surface area contributed by atoms with E-state index in [0.29, 0.717) is 17.5 Å². The molecule has 0 N–H and O–H groups in total. The van der Waals surface area contributed by atoms with E-state index in [-0.39, 0.29) is 0 Å². The summed E-state index contributed by atoms with van der Waals surface area (Å²) in [7, 11) is 0. The summed E-state index contributed by atoms with van der Waals surface area (Å²) in [5, 5.41) is 9.26. The maximum atomic E-state index is 5.53. The zero-order valence-electron chi connectivity index (χ0n) is 39.7. The van der Waals surface area contributed by atoms with Crippen molar-refractivity contribution in [3.8, 4) is 84.4 Å². The van der Waals surface area contributed by atoms with Gasteiger partial charge < -0.3 is 4.57 Å². The molecule has 0 aliphatic rings. The summed E-state index contributed by atoms with van der Waals surface area (Å²) in [4.78, 5) is 16.4. The van der Waals surface area contributed by atoms with Crippen molar-refractivity contribution in [1.29, 1.82) is 0 Å². The van der Waals surface area contributed by atoms with E-state index >= 15 is 0 Å². The van der Waals surface area contributed by atoms with Crippen molar-refractivity contribution in [3.05, 3.63) is 267 Å². The summed E-state index contributed by atoms with van der Waals surface area (Å²) >= 11 is 0. The van der Waals surface area contributed by atoms with E-state index in [2.05, 4.69) is 259 Å². The van der Waals surface area contributed by atoms with E-state index in [1.807, 2.05) is 12.1 Å². The fourth-order valence-electron chi connectivity index (χ4n) is 10.9. The second kappa shape index (κ2) is 17.6. The van der Waals surface area contributed by atoms with Gasteiger partial charge in [-0.2, -0.15) is 0 Å². The highest BCUT2D eigenvalue weighted by molar-refractivity contribution is 6.29. The number of aromatic nitrogens is 4. The van der Waals surface area contributed by atoms with Crippen LogP contribution in [0.4, 0.5) is 0 Å². The van der Waals surface area contributed by atoms with Gasteiger partial charge in [0.05, 0.1) is 11.0 Å². The standard InChI is InChI=1S/C69H44N4/c1-5-17-45(18-6-1)49-29-33-51(34-30-49)67-70-68(52-35-31-50(32-36-52)46-19-7-2-8-20-46)72-69(71-67)63-44-55(43-62-58-27-14-13-25-56(58)57-26-15-16-28-61(57)66(62)63)73-64-41-53(47-21-9-3-10-22-47)37-39-59(64)60-40-38-54(42-65(60)73)48-23-11-4-12-24-48/h1-44H. The zero-order chi connectivity index (χ0) is 48.2. The topological polar surface area (TPSA) is 43.6 Å². The number of benzene rings is 12. The zero-order valence-corrected chi connectivity index (χ0v) is 39.7. The highest BCUT2D eigenvalue weighted by atomic mass is 15.0. The predicted octanol–water partition coefficient (Wildman–Crippen LogP) is 18.1. The average Bonchev–Trinajstić information content (AvgIpc) is 3.81. The molecule has 0 atom stereocenters. The van der Waals surface area contributed by atoms with Crippen molar-refractivity contribution in [2.75, 3.05) is 0 Å². The van der Waals surface area contributed by atoms with E-state index in [1.54, 1.807) is 0 Å². The Morgan fingerprint density at radius 1 is 0.219 bits per heavy atom. The van der Waals surface area contributed by atoms with Gasteiger partial charge in [0.1, 0.15) is 0 Å². The minimum Gasteiger partial charge on any atom is -0.309 e. The van der Waals surface area contributed by atoms with Crippen LogP contribution in [0.25, 0.3) is 138 Å². The van der Waals surface area contributed by atoms with Crippen molar-refractivity contribution in [1.82, 2.24) is 19.5 Å². The number of hydrogen-bond acceptors (Lipinski definition) is 3. The molecule has 4 heteroatoms. The molecule has 0 radical (unpaired) electrons. The first-order valence-corrected chi connectivity index (χ1v) is 24.8. The Hall–Kier alpha value is -9.77. The SMILES string of the molecule is c1ccc(-c2ccc(-c3nc(-c4ccc(-c5ccccc5)cc4)nc(-c4cc(-n5c6cc(-c7ccccc7)ccc6c6ccc(-c7ccccc7)cc65)cc5c6ccccc6c6ccccc6c45)n3)cc2)cc1. The van der Waals surface area contributed by atoms with Gasteiger partial charge >= 0.3 is 0 Å². The average molecular weight is 929 g/mol. The molecular weight excluding hydrogens is 885 g/mol. The number of nitrogens with zero attached hydrogens (tertiary/aromatic N) is 4. The van der Waals surface area contributed by atoms with Gasteiger partial charge in [0.25, 0.3) is 0 Å². The summed E-state index contributed by atoms with van der Waals surface area (Å²) < 4.78 is 2.46. The lowest BCUT2D eigenvalue weighted by Gasteiger charge is -2.18. The second-order valence-corrected chi connectivity index (χ2v) is 18.7. The van der Waals surface area contributed by atoms with Crippen LogP contribution >= 0.6 is 0 Å². The molecule has 0 unspecified atom stereocenters. The lowest BCUT2D eigenvalue weighted by molar-refractivity contribution is 1.07. The quantitative estimate of drug-likeness (QED) is 0.143.